The quantitative estimate of drug-likeness (QED) is 0.791. The van der Waals surface area contributed by atoms with E-state index in [9.17, 15) is 9.65 Å². The Hall–Kier alpha value is -3.07. The van der Waals surface area contributed by atoms with Crippen molar-refractivity contribution in [3.63, 3.8) is 0 Å². The number of nitrogens with zero attached hydrogens (tertiary/aromatic N) is 4. The molecule has 0 aromatic carbocycles. The summed E-state index contributed by atoms with van der Waals surface area (Å²) in [5.41, 5.74) is 2.24. The minimum Gasteiger partial charge on any atom is -0.332 e. The van der Waals surface area contributed by atoms with Gasteiger partial charge >= 0.3 is 0 Å². The minimum absolute atomic E-state index is 0.207. The molecule has 1 atom stereocenters. The van der Waals surface area contributed by atoms with Crippen LogP contribution in [0.2, 0.25) is 0 Å². The first-order valence-electron chi connectivity index (χ1n) is 7.07. The Morgan fingerprint density at radius 2 is 2.26 bits per heavy atom. The molecule has 5 nitrogen and oxygen atoms in total. The van der Waals surface area contributed by atoms with Gasteiger partial charge in [0.05, 0.1) is 18.2 Å². The third kappa shape index (κ3) is 3.40. The average Bonchev–Trinajstić information content (AvgIpc) is 3.01. The fourth-order valence-corrected chi connectivity index (χ4v) is 2.19. The van der Waals surface area contributed by atoms with Crippen LogP contribution in [-0.2, 0) is 0 Å². The number of aromatic nitrogens is 3. The van der Waals surface area contributed by atoms with Crippen molar-refractivity contribution in [1.82, 2.24) is 15.1 Å². The summed E-state index contributed by atoms with van der Waals surface area (Å²) in [5, 5.41) is 13.1. The molecule has 114 valence electrons. The Morgan fingerprint density at radius 1 is 1.39 bits per heavy atom. The summed E-state index contributed by atoms with van der Waals surface area (Å²) in [6.45, 7) is 1.99. The van der Waals surface area contributed by atoms with Crippen molar-refractivity contribution in [2.24, 2.45) is 5.92 Å². The molecule has 6 heteroatoms. The van der Waals surface area contributed by atoms with E-state index in [4.69, 9.17) is 4.52 Å². The highest BCUT2D eigenvalue weighted by Gasteiger charge is 2.15. The number of pyridine rings is 1. The second-order valence-corrected chi connectivity index (χ2v) is 5.18. The second kappa shape index (κ2) is 6.36. The topological polar surface area (TPSA) is 75.6 Å². The summed E-state index contributed by atoms with van der Waals surface area (Å²) >= 11 is 0. The lowest BCUT2D eigenvalue weighted by Gasteiger charge is -2.05. The summed E-state index contributed by atoms with van der Waals surface area (Å²) in [6, 6.07) is 4.95. The van der Waals surface area contributed by atoms with E-state index in [1.807, 2.05) is 25.2 Å². The van der Waals surface area contributed by atoms with Crippen LogP contribution in [0.5, 0.6) is 0 Å². The van der Waals surface area contributed by atoms with E-state index >= 15 is 0 Å². The molecule has 0 amide bonds. The normalized spacial score (nSPS) is 22.2. The Kier molecular flexibility index (Phi) is 4.11. The Balaban J connectivity index is 1.98. The third-order valence-electron chi connectivity index (χ3n) is 3.32. The molecular weight excluding hydrogens is 295 g/mol. The molecule has 0 saturated heterocycles. The third-order valence-corrected chi connectivity index (χ3v) is 3.32. The molecule has 0 fully saturated rings. The van der Waals surface area contributed by atoms with Gasteiger partial charge in [0.2, 0.25) is 5.82 Å². The molecule has 0 spiro atoms. The first kappa shape index (κ1) is 14.9. The summed E-state index contributed by atoms with van der Waals surface area (Å²) in [6.07, 6.45) is 9.39. The number of rotatable bonds is 2. The smallest absolute Gasteiger partial charge is 0.276 e. The maximum atomic E-state index is 12.9. The van der Waals surface area contributed by atoms with Gasteiger partial charge in [0, 0.05) is 5.57 Å². The number of halogens is 1. The number of hydrogen-bond acceptors (Lipinski definition) is 5. The molecule has 0 aliphatic heterocycles. The molecule has 3 rings (SSSR count). The molecule has 0 saturated carbocycles. The SMILES string of the molecule is C/C1=C/C(c2noc(-c3ccc(F)cn3)n2)=C\C(C#N)C=CC1. The van der Waals surface area contributed by atoms with E-state index in [2.05, 4.69) is 21.2 Å². The predicted molar refractivity (Wildman–Crippen MR) is 82.1 cm³/mol. The lowest BCUT2D eigenvalue weighted by Crippen LogP contribution is -1.95. The Bertz CT molecular complexity index is 840. The van der Waals surface area contributed by atoms with Gasteiger partial charge < -0.3 is 4.52 Å². The van der Waals surface area contributed by atoms with Crippen molar-refractivity contribution in [3.05, 3.63) is 59.8 Å². The monoisotopic (exact) mass is 308 g/mol. The van der Waals surface area contributed by atoms with Crippen LogP contribution in [0, 0.1) is 23.1 Å². The van der Waals surface area contributed by atoms with Crippen molar-refractivity contribution in [1.29, 1.82) is 5.26 Å². The van der Waals surface area contributed by atoms with Crippen molar-refractivity contribution in [2.45, 2.75) is 13.3 Å². The standard InChI is InChI=1S/C17H13FN4O/c1-11-3-2-4-12(9-19)8-13(7-11)16-21-17(23-22-16)15-6-5-14(18)10-20-15/h2,4-8,10,12H,3H2,1H3/b4-2?,11-7-,13-8+. The zero-order valence-electron chi connectivity index (χ0n) is 12.4. The van der Waals surface area contributed by atoms with E-state index in [-0.39, 0.29) is 11.8 Å². The van der Waals surface area contributed by atoms with Gasteiger partial charge in [-0.3, -0.25) is 0 Å². The van der Waals surface area contributed by atoms with Gasteiger partial charge in [0.25, 0.3) is 5.89 Å². The number of allylic oxidation sites excluding steroid dienone is 6. The number of hydrogen-bond donors (Lipinski definition) is 0. The van der Waals surface area contributed by atoms with Crippen molar-refractivity contribution in [3.8, 4) is 17.7 Å². The van der Waals surface area contributed by atoms with Crippen LogP contribution in [0.4, 0.5) is 4.39 Å². The molecule has 2 heterocycles. The van der Waals surface area contributed by atoms with Gasteiger partial charge in [-0.25, -0.2) is 9.37 Å². The van der Waals surface area contributed by atoms with E-state index in [0.29, 0.717) is 11.5 Å². The zero-order chi connectivity index (χ0) is 16.2. The molecule has 0 N–H and O–H groups in total. The van der Waals surface area contributed by atoms with Gasteiger partial charge in [-0.05, 0) is 25.5 Å². The average molecular weight is 308 g/mol. The molecule has 1 unspecified atom stereocenters. The fourth-order valence-electron chi connectivity index (χ4n) is 2.19. The largest absolute Gasteiger partial charge is 0.332 e. The highest BCUT2D eigenvalue weighted by atomic mass is 19.1. The fraction of sp³-hybridized carbons (Fsp3) is 0.176. The lowest BCUT2D eigenvalue weighted by atomic mass is 9.99. The first-order chi connectivity index (χ1) is 11.2. The summed E-state index contributed by atoms with van der Waals surface area (Å²) < 4.78 is 18.1. The van der Waals surface area contributed by atoms with E-state index < -0.39 is 5.82 Å². The van der Waals surface area contributed by atoms with Crippen LogP contribution in [-0.4, -0.2) is 15.1 Å². The van der Waals surface area contributed by atoms with Gasteiger partial charge in [0.15, 0.2) is 0 Å². The summed E-state index contributed by atoms with van der Waals surface area (Å²) in [4.78, 5) is 8.22. The first-order valence-corrected chi connectivity index (χ1v) is 7.07. The Morgan fingerprint density at radius 3 is 3.00 bits per heavy atom. The molecule has 23 heavy (non-hydrogen) atoms. The zero-order valence-corrected chi connectivity index (χ0v) is 12.4. The molecule has 0 bridgehead atoms. The molecule has 2 aromatic heterocycles. The van der Waals surface area contributed by atoms with E-state index in [0.717, 1.165) is 23.8 Å². The van der Waals surface area contributed by atoms with Crippen molar-refractivity contribution < 1.29 is 8.91 Å². The maximum absolute atomic E-state index is 12.9. The van der Waals surface area contributed by atoms with E-state index in [1.54, 1.807) is 6.08 Å². The molecule has 1 aliphatic rings. The van der Waals surface area contributed by atoms with Crippen molar-refractivity contribution in [2.75, 3.05) is 0 Å². The molecule has 2 aromatic rings. The van der Waals surface area contributed by atoms with Gasteiger partial charge in [-0.2, -0.15) is 10.2 Å². The van der Waals surface area contributed by atoms with Crippen LogP contribution < -0.4 is 0 Å². The summed E-state index contributed by atoms with van der Waals surface area (Å²) in [5.74, 6) is -0.197. The van der Waals surface area contributed by atoms with Gasteiger partial charge in [0.1, 0.15) is 11.5 Å². The van der Waals surface area contributed by atoms with Gasteiger partial charge in [-0.15, -0.1) is 0 Å². The van der Waals surface area contributed by atoms with Gasteiger partial charge in [-0.1, -0.05) is 35.0 Å². The predicted octanol–water partition coefficient (Wildman–Crippen LogP) is 3.70. The van der Waals surface area contributed by atoms with Crippen LogP contribution in [0.15, 0.2) is 52.7 Å². The molecule has 1 aliphatic carbocycles. The molecule has 0 radical (unpaired) electrons. The highest BCUT2D eigenvalue weighted by molar-refractivity contribution is 5.72. The van der Waals surface area contributed by atoms with Crippen LogP contribution in [0.3, 0.4) is 0 Å². The van der Waals surface area contributed by atoms with E-state index in [1.165, 1.54) is 12.1 Å². The van der Waals surface area contributed by atoms with Crippen LogP contribution >= 0.6 is 0 Å². The van der Waals surface area contributed by atoms with Crippen molar-refractivity contribution >= 4 is 5.57 Å². The second-order valence-electron chi connectivity index (χ2n) is 5.18. The van der Waals surface area contributed by atoms with Crippen LogP contribution in [0.1, 0.15) is 19.2 Å². The molecular formula is C17H13FN4O. The minimum atomic E-state index is -0.432. The maximum Gasteiger partial charge on any atom is 0.276 e. The Labute approximate surface area is 132 Å². The van der Waals surface area contributed by atoms with Crippen LogP contribution in [0.25, 0.3) is 17.2 Å². The number of nitriles is 1. The highest BCUT2D eigenvalue weighted by Crippen LogP contribution is 2.24. The summed E-state index contributed by atoms with van der Waals surface area (Å²) in [7, 11) is 0. The lowest BCUT2D eigenvalue weighted by molar-refractivity contribution is 0.427.